The van der Waals surface area contributed by atoms with Gasteiger partial charge in [-0.1, -0.05) is 46.8 Å². The van der Waals surface area contributed by atoms with Gasteiger partial charge in [0.2, 0.25) is 5.91 Å². The largest absolute Gasteiger partial charge is 0.377 e. The molecule has 1 aromatic heterocycles. The Morgan fingerprint density at radius 2 is 2.00 bits per heavy atom. The number of benzene rings is 2. The van der Waals surface area contributed by atoms with Gasteiger partial charge in [0, 0.05) is 41.9 Å². The van der Waals surface area contributed by atoms with E-state index in [1.54, 1.807) is 17.0 Å². The van der Waals surface area contributed by atoms with Crippen LogP contribution in [0.15, 0.2) is 53.1 Å². The molecule has 1 aliphatic heterocycles. The van der Waals surface area contributed by atoms with Crippen molar-refractivity contribution in [2.45, 2.75) is 24.9 Å². The Bertz CT molecular complexity index is 1070. The van der Waals surface area contributed by atoms with Crippen molar-refractivity contribution < 1.29 is 14.4 Å². The predicted octanol–water partition coefficient (Wildman–Crippen LogP) is 3.43. The van der Waals surface area contributed by atoms with Crippen LogP contribution in [0.4, 0.5) is 0 Å². The summed E-state index contributed by atoms with van der Waals surface area (Å²) in [6.45, 7) is 0.907. The molecule has 1 fully saturated rings. The zero-order chi connectivity index (χ0) is 19.6. The fourth-order valence-corrected chi connectivity index (χ4v) is 3.52. The first-order valence-corrected chi connectivity index (χ1v) is 9.52. The molecule has 0 radical (unpaired) electrons. The fourth-order valence-electron chi connectivity index (χ4n) is 3.33. The van der Waals surface area contributed by atoms with Crippen molar-refractivity contribution in [3.8, 4) is 11.8 Å². The number of carbonyl (C=O) groups excluding carboxylic acids is 1. The predicted molar refractivity (Wildman–Crippen MR) is 107 cm³/mol. The summed E-state index contributed by atoms with van der Waals surface area (Å²) in [5, 5.41) is 16.2. The molecular weight excluding hydrogens is 376 g/mol. The second-order valence-electron chi connectivity index (χ2n) is 6.97. The first-order chi connectivity index (χ1) is 13.5. The van der Waals surface area contributed by atoms with Crippen LogP contribution in [-0.2, 0) is 11.2 Å². The lowest BCUT2D eigenvalue weighted by Crippen LogP contribution is -2.46. The van der Waals surface area contributed by atoms with Crippen LogP contribution < -0.4 is 0 Å². The molecule has 1 saturated heterocycles. The minimum atomic E-state index is -1.10. The maximum Gasteiger partial charge on any atom is 0.228 e. The first kappa shape index (κ1) is 18.5. The number of aliphatic hydroxyl groups is 1. The Balaban J connectivity index is 1.39. The number of amides is 1. The number of carbonyl (C=O) groups is 1. The van der Waals surface area contributed by atoms with E-state index >= 15 is 0 Å². The molecule has 142 valence electrons. The Labute approximate surface area is 167 Å². The van der Waals surface area contributed by atoms with E-state index in [1.807, 2.05) is 36.4 Å². The van der Waals surface area contributed by atoms with E-state index in [-0.39, 0.29) is 12.3 Å². The van der Waals surface area contributed by atoms with E-state index < -0.39 is 5.60 Å². The second kappa shape index (κ2) is 7.67. The zero-order valence-corrected chi connectivity index (χ0v) is 15.9. The van der Waals surface area contributed by atoms with Crippen molar-refractivity contribution in [3.63, 3.8) is 0 Å². The number of hydrogen-bond donors (Lipinski definition) is 1. The van der Waals surface area contributed by atoms with Crippen LogP contribution in [0.3, 0.4) is 0 Å². The molecule has 1 aliphatic rings. The van der Waals surface area contributed by atoms with Gasteiger partial charge in [0.05, 0.1) is 6.42 Å². The van der Waals surface area contributed by atoms with Crippen LogP contribution in [0, 0.1) is 11.8 Å². The van der Waals surface area contributed by atoms with Crippen molar-refractivity contribution >= 4 is 28.5 Å². The van der Waals surface area contributed by atoms with Crippen molar-refractivity contribution in [1.82, 2.24) is 10.1 Å². The normalized spacial score (nSPS) is 15.9. The van der Waals surface area contributed by atoms with Crippen molar-refractivity contribution in [2.75, 3.05) is 13.1 Å². The van der Waals surface area contributed by atoms with E-state index in [0.29, 0.717) is 42.2 Å². The number of nitrogens with zero attached hydrogens (tertiary/aromatic N) is 2. The van der Waals surface area contributed by atoms with Gasteiger partial charge >= 0.3 is 0 Å². The lowest BCUT2D eigenvalue weighted by Gasteiger charge is -2.35. The summed E-state index contributed by atoms with van der Waals surface area (Å²) >= 11 is 5.96. The Kier molecular flexibility index (Phi) is 5.08. The highest BCUT2D eigenvalue weighted by atomic mass is 35.5. The van der Waals surface area contributed by atoms with E-state index in [0.717, 1.165) is 10.9 Å². The van der Waals surface area contributed by atoms with E-state index in [2.05, 4.69) is 17.0 Å². The third kappa shape index (κ3) is 4.04. The number of halogens is 1. The zero-order valence-electron chi connectivity index (χ0n) is 15.2. The summed E-state index contributed by atoms with van der Waals surface area (Å²) in [6.07, 6.45) is 1.00. The van der Waals surface area contributed by atoms with E-state index in [4.69, 9.17) is 16.1 Å². The molecule has 5 nitrogen and oxygen atoms in total. The molecule has 0 bridgehead atoms. The van der Waals surface area contributed by atoms with Crippen LogP contribution >= 0.6 is 11.6 Å². The highest BCUT2D eigenvalue weighted by molar-refractivity contribution is 6.30. The van der Waals surface area contributed by atoms with Gasteiger partial charge in [0.25, 0.3) is 0 Å². The number of piperidine rings is 1. The number of para-hydroxylation sites is 1. The average Bonchev–Trinajstić information content (AvgIpc) is 3.10. The van der Waals surface area contributed by atoms with E-state index in [1.165, 1.54) is 0 Å². The molecule has 28 heavy (non-hydrogen) atoms. The Morgan fingerprint density at radius 1 is 1.21 bits per heavy atom. The molecule has 0 aliphatic carbocycles. The average molecular weight is 395 g/mol. The fraction of sp³-hybridized carbons (Fsp3) is 0.273. The van der Waals surface area contributed by atoms with Crippen molar-refractivity contribution in [1.29, 1.82) is 0 Å². The number of likely N-dealkylation sites (tertiary alicyclic amines) is 1. The Morgan fingerprint density at radius 3 is 2.79 bits per heavy atom. The molecule has 0 saturated carbocycles. The maximum atomic E-state index is 12.6. The second-order valence-corrected chi connectivity index (χ2v) is 7.41. The van der Waals surface area contributed by atoms with E-state index in [9.17, 15) is 9.90 Å². The molecular formula is C22H19ClN2O3. The third-order valence-corrected chi connectivity index (χ3v) is 5.21. The van der Waals surface area contributed by atoms with Crippen LogP contribution in [0.5, 0.6) is 0 Å². The van der Waals surface area contributed by atoms with Gasteiger partial charge in [-0.05, 0) is 30.3 Å². The number of rotatable bonds is 2. The van der Waals surface area contributed by atoms with Gasteiger partial charge in [-0.15, -0.1) is 0 Å². The highest BCUT2D eigenvalue weighted by Gasteiger charge is 2.32. The molecule has 0 spiro atoms. The number of fused-ring (bicyclic) bond motifs is 1. The van der Waals surface area contributed by atoms with Gasteiger partial charge in [-0.25, -0.2) is 0 Å². The quantitative estimate of drug-likeness (QED) is 0.676. The van der Waals surface area contributed by atoms with Crippen LogP contribution in [0.25, 0.3) is 11.0 Å². The summed E-state index contributed by atoms with van der Waals surface area (Å²) in [7, 11) is 0. The number of hydrogen-bond acceptors (Lipinski definition) is 4. The maximum absolute atomic E-state index is 12.6. The van der Waals surface area contributed by atoms with Gasteiger partial charge in [-0.2, -0.15) is 0 Å². The molecule has 0 unspecified atom stereocenters. The monoisotopic (exact) mass is 394 g/mol. The van der Waals surface area contributed by atoms with Crippen molar-refractivity contribution in [3.05, 3.63) is 64.8 Å². The van der Waals surface area contributed by atoms with Crippen LogP contribution in [0.1, 0.15) is 24.1 Å². The summed E-state index contributed by atoms with van der Waals surface area (Å²) < 4.78 is 5.26. The minimum absolute atomic E-state index is 0.0242. The first-order valence-electron chi connectivity index (χ1n) is 9.15. The van der Waals surface area contributed by atoms with Crippen LogP contribution in [0.2, 0.25) is 5.02 Å². The summed E-state index contributed by atoms with van der Waals surface area (Å²) in [5.74, 6) is 5.91. The lowest BCUT2D eigenvalue weighted by molar-refractivity contribution is -0.133. The third-order valence-electron chi connectivity index (χ3n) is 4.98. The number of aromatic nitrogens is 1. The minimum Gasteiger partial charge on any atom is -0.377 e. The van der Waals surface area contributed by atoms with Gasteiger partial charge in [-0.3, -0.25) is 4.79 Å². The smallest absolute Gasteiger partial charge is 0.228 e. The van der Waals surface area contributed by atoms with Gasteiger partial charge < -0.3 is 14.5 Å². The van der Waals surface area contributed by atoms with Crippen LogP contribution in [-0.4, -0.2) is 39.8 Å². The Hall–Kier alpha value is -2.81. The summed E-state index contributed by atoms with van der Waals surface area (Å²) in [6, 6.07) is 14.7. The summed E-state index contributed by atoms with van der Waals surface area (Å²) in [5.41, 5.74) is 0.980. The molecule has 1 N–H and O–H groups in total. The van der Waals surface area contributed by atoms with Crippen molar-refractivity contribution in [2.24, 2.45) is 0 Å². The van der Waals surface area contributed by atoms with Gasteiger partial charge in [0.1, 0.15) is 11.3 Å². The molecule has 6 heteroatoms. The molecule has 4 rings (SSSR count). The highest BCUT2D eigenvalue weighted by Crippen LogP contribution is 2.24. The standard InChI is InChI=1S/C22H19ClN2O3/c23-17-5-3-4-16(14-17)8-9-22(27)10-12-25(13-11-22)21(26)15-19-18-6-1-2-7-20(18)28-24-19/h1-7,14,27H,10-13,15H2. The molecule has 2 heterocycles. The topological polar surface area (TPSA) is 66.6 Å². The molecule has 0 atom stereocenters. The molecule has 2 aromatic carbocycles. The van der Waals surface area contributed by atoms with Gasteiger partial charge in [0.15, 0.2) is 5.58 Å². The molecule has 1 amide bonds. The lowest BCUT2D eigenvalue weighted by atomic mass is 9.91. The SMILES string of the molecule is O=C(Cc1noc2ccccc12)N1CCC(O)(C#Cc2cccc(Cl)c2)CC1. The summed E-state index contributed by atoms with van der Waals surface area (Å²) in [4.78, 5) is 14.4. The molecule has 3 aromatic rings.